The molecule has 0 aromatic rings. The first kappa shape index (κ1) is 13.8. The van der Waals surface area contributed by atoms with Crippen LogP contribution >= 0.6 is 0 Å². The summed E-state index contributed by atoms with van der Waals surface area (Å²) in [4.78, 5) is 13.3. The molecular formula is C13H24N2O3. The SMILES string of the molecule is CC(=O)NCC1CCCN(CC2(CO)COC2)C1. The first-order valence-electron chi connectivity index (χ1n) is 6.79. The van der Waals surface area contributed by atoms with Gasteiger partial charge in [-0.05, 0) is 25.3 Å². The molecule has 104 valence electrons. The molecule has 2 saturated heterocycles. The van der Waals surface area contributed by atoms with Crippen LogP contribution in [0.15, 0.2) is 0 Å². The number of aliphatic hydroxyl groups is 1. The van der Waals surface area contributed by atoms with Crippen molar-refractivity contribution in [3.63, 3.8) is 0 Å². The Morgan fingerprint density at radius 1 is 1.56 bits per heavy atom. The molecule has 5 nitrogen and oxygen atoms in total. The van der Waals surface area contributed by atoms with Gasteiger partial charge in [0, 0.05) is 26.6 Å². The molecule has 2 heterocycles. The summed E-state index contributed by atoms with van der Waals surface area (Å²) < 4.78 is 5.23. The molecule has 1 amide bonds. The lowest BCUT2D eigenvalue weighted by Gasteiger charge is -2.45. The Morgan fingerprint density at radius 2 is 2.33 bits per heavy atom. The monoisotopic (exact) mass is 256 g/mol. The second kappa shape index (κ2) is 5.99. The van der Waals surface area contributed by atoms with Crippen LogP contribution in [0.5, 0.6) is 0 Å². The summed E-state index contributed by atoms with van der Waals surface area (Å²) in [6.45, 7) is 6.93. The highest BCUT2D eigenvalue weighted by Crippen LogP contribution is 2.29. The van der Waals surface area contributed by atoms with Crippen LogP contribution in [0.2, 0.25) is 0 Å². The number of hydrogen-bond donors (Lipinski definition) is 2. The number of carbonyl (C=O) groups is 1. The molecule has 0 aliphatic carbocycles. The first-order chi connectivity index (χ1) is 8.63. The number of piperidine rings is 1. The third kappa shape index (κ3) is 3.43. The molecule has 5 heteroatoms. The lowest BCUT2D eigenvalue weighted by molar-refractivity contribution is -0.150. The fourth-order valence-corrected chi connectivity index (χ4v) is 2.85. The summed E-state index contributed by atoms with van der Waals surface area (Å²) in [5, 5.41) is 12.3. The number of aliphatic hydroxyl groups excluding tert-OH is 1. The average Bonchev–Trinajstić information content (AvgIpc) is 2.32. The van der Waals surface area contributed by atoms with Gasteiger partial charge in [-0.15, -0.1) is 0 Å². The van der Waals surface area contributed by atoms with Gasteiger partial charge in [-0.25, -0.2) is 0 Å². The number of ether oxygens (including phenoxy) is 1. The lowest BCUT2D eigenvalue weighted by Crippen LogP contribution is -2.55. The Labute approximate surface area is 108 Å². The molecule has 18 heavy (non-hydrogen) atoms. The Morgan fingerprint density at radius 3 is 2.89 bits per heavy atom. The molecular weight excluding hydrogens is 232 g/mol. The predicted molar refractivity (Wildman–Crippen MR) is 68.2 cm³/mol. The number of likely N-dealkylation sites (tertiary alicyclic amines) is 1. The number of hydrogen-bond acceptors (Lipinski definition) is 4. The molecule has 2 rings (SSSR count). The van der Waals surface area contributed by atoms with Crippen LogP contribution in [0.1, 0.15) is 19.8 Å². The van der Waals surface area contributed by atoms with Crippen LogP contribution in [-0.2, 0) is 9.53 Å². The molecule has 0 spiro atoms. The second-order valence-corrected chi connectivity index (χ2v) is 5.83. The van der Waals surface area contributed by atoms with E-state index in [1.54, 1.807) is 6.92 Å². The number of nitrogens with zero attached hydrogens (tertiary/aromatic N) is 1. The zero-order valence-electron chi connectivity index (χ0n) is 11.2. The van der Waals surface area contributed by atoms with E-state index in [9.17, 15) is 9.90 Å². The number of rotatable bonds is 5. The van der Waals surface area contributed by atoms with Gasteiger partial charge in [0.15, 0.2) is 0 Å². The van der Waals surface area contributed by atoms with E-state index < -0.39 is 0 Å². The Bertz CT molecular complexity index is 286. The van der Waals surface area contributed by atoms with E-state index in [1.165, 1.54) is 12.8 Å². The van der Waals surface area contributed by atoms with Gasteiger partial charge < -0.3 is 20.1 Å². The minimum Gasteiger partial charge on any atom is -0.396 e. The summed E-state index contributed by atoms with van der Waals surface area (Å²) in [5.41, 5.74) is -0.0319. The molecule has 2 N–H and O–H groups in total. The second-order valence-electron chi connectivity index (χ2n) is 5.83. The van der Waals surface area contributed by atoms with Gasteiger partial charge in [0.1, 0.15) is 0 Å². The summed E-state index contributed by atoms with van der Waals surface area (Å²) in [5.74, 6) is 0.589. The minimum absolute atomic E-state index is 0.0319. The van der Waals surface area contributed by atoms with E-state index in [4.69, 9.17) is 4.74 Å². The topological polar surface area (TPSA) is 61.8 Å². The third-order valence-corrected chi connectivity index (χ3v) is 3.95. The van der Waals surface area contributed by atoms with Crippen LogP contribution in [0, 0.1) is 11.3 Å². The molecule has 1 unspecified atom stereocenters. The molecule has 0 saturated carbocycles. The molecule has 1 atom stereocenters. The molecule has 0 aromatic heterocycles. The van der Waals surface area contributed by atoms with E-state index in [-0.39, 0.29) is 17.9 Å². The van der Waals surface area contributed by atoms with Gasteiger partial charge >= 0.3 is 0 Å². The van der Waals surface area contributed by atoms with Gasteiger partial charge in [0.05, 0.1) is 25.2 Å². The van der Waals surface area contributed by atoms with Gasteiger partial charge in [0.2, 0.25) is 5.91 Å². The Kier molecular flexibility index (Phi) is 4.59. The van der Waals surface area contributed by atoms with Crippen molar-refractivity contribution in [2.75, 3.05) is 46.0 Å². The van der Waals surface area contributed by atoms with E-state index in [0.717, 1.165) is 26.2 Å². The van der Waals surface area contributed by atoms with Crippen molar-refractivity contribution in [3.05, 3.63) is 0 Å². The third-order valence-electron chi connectivity index (χ3n) is 3.95. The standard InChI is InChI=1S/C13H24N2O3/c1-11(17)14-5-12-3-2-4-15(6-12)7-13(8-16)9-18-10-13/h12,16H,2-10H2,1H3,(H,14,17). The van der Waals surface area contributed by atoms with Crippen molar-refractivity contribution in [3.8, 4) is 0 Å². The number of amides is 1. The fraction of sp³-hybridized carbons (Fsp3) is 0.923. The maximum absolute atomic E-state index is 10.9. The lowest BCUT2D eigenvalue weighted by atomic mass is 9.85. The molecule has 0 radical (unpaired) electrons. The van der Waals surface area contributed by atoms with Gasteiger partial charge in [-0.1, -0.05) is 0 Å². The van der Waals surface area contributed by atoms with Crippen molar-refractivity contribution in [1.29, 1.82) is 0 Å². The zero-order chi connectivity index (χ0) is 13.0. The largest absolute Gasteiger partial charge is 0.396 e. The van der Waals surface area contributed by atoms with Crippen LogP contribution in [0.3, 0.4) is 0 Å². The highest BCUT2D eigenvalue weighted by Gasteiger charge is 2.40. The fourth-order valence-electron chi connectivity index (χ4n) is 2.85. The highest BCUT2D eigenvalue weighted by atomic mass is 16.5. The van der Waals surface area contributed by atoms with E-state index in [1.807, 2.05) is 0 Å². The first-order valence-corrected chi connectivity index (χ1v) is 6.79. The molecule has 0 bridgehead atoms. The molecule has 2 aliphatic rings. The molecule has 0 aromatic carbocycles. The van der Waals surface area contributed by atoms with Crippen molar-refractivity contribution in [1.82, 2.24) is 10.2 Å². The minimum atomic E-state index is -0.0319. The average molecular weight is 256 g/mol. The van der Waals surface area contributed by atoms with Gasteiger partial charge in [-0.2, -0.15) is 0 Å². The van der Waals surface area contributed by atoms with Gasteiger partial charge in [-0.3, -0.25) is 4.79 Å². The van der Waals surface area contributed by atoms with Crippen LogP contribution < -0.4 is 5.32 Å². The zero-order valence-corrected chi connectivity index (χ0v) is 11.2. The van der Waals surface area contributed by atoms with Crippen molar-refractivity contribution in [2.45, 2.75) is 19.8 Å². The summed E-state index contributed by atoms with van der Waals surface area (Å²) >= 11 is 0. The number of carbonyl (C=O) groups excluding carboxylic acids is 1. The highest BCUT2D eigenvalue weighted by molar-refractivity contribution is 5.72. The quantitative estimate of drug-likeness (QED) is 0.718. The smallest absolute Gasteiger partial charge is 0.216 e. The van der Waals surface area contributed by atoms with Crippen molar-refractivity contribution >= 4 is 5.91 Å². The summed E-state index contributed by atoms with van der Waals surface area (Å²) in [6, 6.07) is 0. The predicted octanol–water partition coefficient (Wildman–Crippen LogP) is -0.157. The van der Waals surface area contributed by atoms with Crippen LogP contribution in [0.4, 0.5) is 0 Å². The number of nitrogens with one attached hydrogen (secondary N) is 1. The Hall–Kier alpha value is -0.650. The van der Waals surface area contributed by atoms with Crippen molar-refractivity contribution < 1.29 is 14.6 Å². The van der Waals surface area contributed by atoms with Crippen molar-refractivity contribution in [2.24, 2.45) is 11.3 Å². The Balaban J connectivity index is 1.77. The summed E-state index contributed by atoms with van der Waals surface area (Å²) in [6.07, 6.45) is 2.35. The van der Waals surface area contributed by atoms with E-state index in [2.05, 4.69) is 10.2 Å². The maximum Gasteiger partial charge on any atom is 0.216 e. The van der Waals surface area contributed by atoms with Crippen LogP contribution in [-0.4, -0.2) is 61.9 Å². The van der Waals surface area contributed by atoms with E-state index >= 15 is 0 Å². The molecule has 2 aliphatic heterocycles. The maximum atomic E-state index is 10.9. The normalized spacial score (nSPS) is 27.6. The van der Waals surface area contributed by atoms with Gasteiger partial charge in [0.25, 0.3) is 0 Å². The van der Waals surface area contributed by atoms with E-state index in [0.29, 0.717) is 19.1 Å². The molecule has 2 fully saturated rings. The van der Waals surface area contributed by atoms with Crippen LogP contribution in [0.25, 0.3) is 0 Å². The summed E-state index contributed by atoms with van der Waals surface area (Å²) in [7, 11) is 0.